The molecule has 0 spiro atoms. The topological polar surface area (TPSA) is 60.0 Å². The molecule has 1 amide bonds. The van der Waals surface area contributed by atoms with Crippen LogP contribution < -0.4 is 10.1 Å². The summed E-state index contributed by atoms with van der Waals surface area (Å²) in [7, 11) is 0. The zero-order chi connectivity index (χ0) is 17.1. The van der Waals surface area contributed by atoms with Crippen LogP contribution >= 0.6 is 0 Å². The summed E-state index contributed by atoms with van der Waals surface area (Å²) >= 11 is 0. The molecule has 3 unspecified atom stereocenters. The normalized spacial score (nSPS) is 27.5. The number of benzene rings is 1. The first-order chi connectivity index (χ1) is 12.3. The number of hydrogen-bond donors (Lipinski definition) is 1. The minimum atomic E-state index is -0.414. The lowest BCUT2D eigenvalue weighted by atomic mass is 9.96. The molecule has 2 saturated heterocycles. The highest BCUT2D eigenvalue weighted by atomic mass is 16.5. The zero-order valence-electron chi connectivity index (χ0n) is 14.5. The van der Waals surface area contributed by atoms with E-state index in [1.165, 1.54) is 0 Å². The number of nitrogens with zero attached hydrogens (tertiary/aromatic N) is 1. The summed E-state index contributed by atoms with van der Waals surface area (Å²) < 4.78 is 16.9. The van der Waals surface area contributed by atoms with Gasteiger partial charge in [-0.1, -0.05) is 18.2 Å². The average molecular weight is 346 g/mol. The molecule has 4 rings (SSSR count). The van der Waals surface area contributed by atoms with Gasteiger partial charge in [-0.2, -0.15) is 0 Å². The highest BCUT2D eigenvalue weighted by Crippen LogP contribution is 2.28. The third-order valence-electron chi connectivity index (χ3n) is 5.45. The molecule has 2 fully saturated rings. The molecule has 6 nitrogen and oxygen atoms in total. The second kappa shape index (κ2) is 7.72. The van der Waals surface area contributed by atoms with Crippen LogP contribution in [0.2, 0.25) is 0 Å². The second-order valence-electron chi connectivity index (χ2n) is 7.00. The van der Waals surface area contributed by atoms with E-state index in [-0.39, 0.29) is 5.91 Å². The van der Waals surface area contributed by atoms with Gasteiger partial charge >= 0.3 is 0 Å². The van der Waals surface area contributed by atoms with E-state index in [1.54, 1.807) is 0 Å². The van der Waals surface area contributed by atoms with Gasteiger partial charge in [-0.05, 0) is 18.1 Å². The highest BCUT2D eigenvalue weighted by molar-refractivity contribution is 5.82. The number of amides is 1. The molecule has 3 atom stereocenters. The number of hydrogen-bond acceptors (Lipinski definition) is 5. The molecule has 136 valence electrons. The number of nitrogens with one attached hydrogen (secondary N) is 1. The van der Waals surface area contributed by atoms with Crippen molar-refractivity contribution in [3.05, 3.63) is 29.8 Å². The van der Waals surface area contributed by atoms with Gasteiger partial charge in [0.15, 0.2) is 6.10 Å². The first-order valence-electron chi connectivity index (χ1n) is 9.23. The first kappa shape index (κ1) is 16.8. The Labute approximate surface area is 148 Å². The van der Waals surface area contributed by atoms with Gasteiger partial charge in [-0.25, -0.2) is 0 Å². The van der Waals surface area contributed by atoms with Crippen molar-refractivity contribution in [2.75, 3.05) is 46.1 Å². The Morgan fingerprint density at radius 3 is 2.80 bits per heavy atom. The Balaban J connectivity index is 1.35. The first-order valence-corrected chi connectivity index (χ1v) is 9.23. The molecule has 1 aromatic carbocycles. The molecular formula is C19H26N2O4. The summed E-state index contributed by atoms with van der Waals surface area (Å²) in [5.41, 5.74) is 1.11. The van der Waals surface area contributed by atoms with E-state index in [2.05, 4.69) is 10.2 Å². The van der Waals surface area contributed by atoms with Crippen LogP contribution in [-0.4, -0.2) is 69.0 Å². The third kappa shape index (κ3) is 3.81. The van der Waals surface area contributed by atoms with Crippen molar-refractivity contribution in [1.29, 1.82) is 0 Å². The maximum absolute atomic E-state index is 12.6. The minimum absolute atomic E-state index is 0.0200. The molecule has 0 aromatic heterocycles. The van der Waals surface area contributed by atoms with Crippen LogP contribution in [0.4, 0.5) is 0 Å². The fraction of sp³-hybridized carbons (Fsp3) is 0.632. The summed E-state index contributed by atoms with van der Waals surface area (Å²) in [5.74, 6) is 1.28. The fourth-order valence-corrected chi connectivity index (χ4v) is 4.01. The van der Waals surface area contributed by atoms with E-state index in [1.807, 2.05) is 24.3 Å². The minimum Gasteiger partial charge on any atom is -0.480 e. The third-order valence-corrected chi connectivity index (χ3v) is 5.45. The van der Waals surface area contributed by atoms with Crippen LogP contribution in [0.5, 0.6) is 5.75 Å². The Morgan fingerprint density at radius 2 is 2.04 bits per heavy atom. The van der Waals surface area contributed by atoms with Crippen LogP contribution in [0.25, 0.3) is 0 Å². The largest absolute Gasteiger partial charge is 0.480 e. The van der Waals surface area contributed by atoms with Crippen LogP contribution in [0.1, 0.15) is 12.0 Å². The Kier molecular flexibility index (Phi) is 5.20. The monoisotopic (exact) mass is 346 g/mol. The molecule has 6 heteroatoms. The van der Waals surface area contributed by atoms with Gasteiger partial charge < -0.3 is 19.5 Å². The predicted octanol–water partition coefficient (Wildman–Crippen LogP) is 0.844. The number of morpholine rings is 1. The van der Waals surface area contributed by atoms with Gasteiger partial charge in [0.25, 0.3) is 5.91 Å². The number of carbonyl (C=O) groups excluding carboxylic acids is 1. The van der Waals surface area contributed by atoms with Crippen molar-refractivity contribution in [3.63, 3.8) is 0 Å². The van der Waals surface area contributed by atoms with E-state index in [4.69, 9.17) is 14.2 Å². The number of ether oxygens (including phenoxy) is 3. The lowest BCUT2D eigenvalue weighted by molar-refractivity contribution is -0.127. The zero-order valence-corrected chi connectivity index (χ0v) is 14.5. The van der Waals surface area contributed by atoms with Gasteiger partial charge in [-0.3, -0.25) is 9.69 Å². The lowest BCUT2D eigenvalue weighted by Crippen LogP contribution is -2.53. The van der Waals surface area contributed by atoms with Crippen LogP contribution in [0.15, 0.2) is 24.3 Å². The van der Waals surface area contributed by atoms with E-state index >= 15 is 0 Å². The standard InChI is InChI=1S/C19H26N2O4/c22-19(18-11-14-3-1-2-4-17(14)25-18)20-12-16(15-5-8-24-13-15)21-6-9-23-10-7-21/h1-4,15-16,18H,5-13H2,(H,20,22). The number of fused-ring (bicyclic) bond motifs is 1. The van der Waals surface area contributed by atoms with Gasteiger partial charge in [0.05, 0.1) is 19.8 Å². The molecule has 1 N–H and O–H groups in total. The Bertz CT molecular complexity index is 572. The molecule has 3 heterocycles. The van der Waals surface area contributed by atoms with E-state index in [0.29, 0.717) is 24.9 Å². The van der Waals surface area contributed by atoms with Crippen molar-refractivity contribution in [3.8, 4) is 5.75 Å². The molecular weight excluding hydrogens is 320 g/mol. The van der Waals surface area contributed by atoms with E-state index in [9.17, 15) is 4.79 Å². The van der Waals surface area contributed by atoms with Crippen molar-refractivity contribution in [1.82, 2.24) is 10.2 Å². The Morgan fingerprint density at radius 1 is 1.20 bits per heavy atom. The molecule has 3 aliphatic rings. The van der Waals surface area contributed by atoms with E-state index < -0.39 is 6.10 Å². The molecule has 3 aliphatic heterocycles. The smallest absolute Gasteiger partial charge is 0.261 e. The molecule has 0 radical (unpaired) electrons. The van der Waals surface area contributed by atoms with Crippen molar-refractivity contribution in [2.45, 2.75) is 25.0 Å². The summed E-state index contributed by atoms with van der Waals surface area (Å²) in [4.78, 5) is 15.0. The highest BCUT2D eigenvalue weighted by Gasteiger charge is 2.34. The van der Waals surface area contributed by atoms with Gasteiger partial charge in [0.2, 0.25) is 0 Å². The Hall–Kier alpha value is -1.63. The second-order valence-corrected chi connectivity index (χ2v) is 7.00. The van der Waals surface area contributed by atoms with Crippen molar-refractivity contribution >= 4 is 5.91 Å². The summed E-state index contributed by atoms with van der Waals surface area (Å²) in [6.07, 6.45) is 1.29. The average Bonchev–Trinajstić information content (AvgIpc) is 3.32. The molecule has 0 aliphatic carbocycles. The predicted molar refractivity (Wildman–Crippen MR) is 92.7 cm³/mol. The molecule has 1 aromatic rings. The fourth-order valence-electron chi connectivity index (χ4n) is 4.01. The number of rotatable bonds is 5. The maximum Gasteiger partial charge on any atom is 0.261 e. The molecule has 0 bridgehead atoms. The van der Waals surface area contributed by atoms with Crippen molar-refractivity contribution in [2.24, 2.45) is 5.92 Å². The molecule has 0 saturated carbocycles. The van der Waals surface area contributed by atoms with Crippen LogP contribution in [0, 0.1) is 5.92 Å². The van der Waals surface area contributed by atoms with Gasteiger partial charge in [0.1, 0.15) is 5.75 Å². The van der Waals surface area contributed by atoms with Gasteiger partial charge in [-0.15, -0.1) is 0 Å². The summed E-state index contributed by atoms with van der Waals surface area (Å²) in [6.45, 7) is 5.61. The van der Waals surface area contributed by atoms with Gasteiger partial charge in [0, 0.05) is 44.6 Å². The lowest BCUT2D eigenvalue weighted by Gasteiger charge is -2.37. The van der Waals surface area contributed by atoms with E-state index in [0.717, 1.165) is 57.3 Å². The summed E-state index contributed by atoms with van der Waals surface area (Å²) in [5, 5.41) is 3.13. The SMILES string of the molecule is O=C(NCC(C1CCOC1)N1CCOCC1)C1Cc2ccccc2O1. The van der Waals surface area contributed by atoms with Crippen molar-refractivity contribution < 1.29 is 19.0 Å². The number of carbonyl (C=O) groups is 1. The maximum atomic E-state index is 12.6. The van der Waals surface area contributed by atoms with Crippen LogP contribution in [-0.2, 0) is 20.7 Å². The quantitative estimate of drug-likeness (QED) is 0.856. The number of para-hydroxylation sites is 1. The van der Waals surface area contributed by atoms with Crippen LogP contribution in [0.3, 0.4) is 0 Å². The molecule has 25 heavy (non-hydrogen) atoms. The summed E-state index contributed by atoms with van der Waals surface area (Å²) in [6, 6.07) is 8.17.